The fourth-order valence-electron chi connectivity index (χ4n) is 3.50. The smallest absolute Gasteiger partial charge is 0.222 e. The molecule has 3 rings (SSSR count). The fourth-order valence-corrected chi connectivity index (χ4v) is 3.50. The summed E-state index contributed by atoms with van der Waals surface area (Å²) in [6, 6.07) is 8.62. The Hall–Kier alpha value is -1.39. The Labute approximate surface area is 126 Å². The van der Waals surface area contributed by atoms with E-state index in [2.05, 4.69) is 46.7 Å². The van der Waals surface area contributed by atoms with E-state index >= 15 is 0 Å². The van der Waals surface area contributed by atoms with Gasteiger partial charge in [0.15, 0.2) is 0 Å². The third kappa shape index (κ3) is 3.11. The van der Waals surface area contributed by atoms with E-state index in [0.717, 1.165) is 45.6 Å². The average molecular weight is 287 g/mol. The van der Waals surface area contributed by atoms with Crippen LogP contribution in [-0.4, -0.2) is 49.1 Å². The van der Waals surface area contributed by atoms with Crippen molar-refractivity contribution in [2.45, 2.75) is 31.7 Å². The van der Waals surface area contributed by atoms with Gasteiger partial charge in [0.1, 0.15) is 0 Å². The van der Waals surface area contributed by atoms with Gasteiger partial charge in [-0.3, -0.25) is 9.69 Å². The van der Waals surface area contributed by atoms with Crippen molar-refractivity contribution in [1.29, 1.82) is 0 Å². The van der Waals surface area contributed by atoms with Crippen LogP contribution >= 0.6 is 0 Å². The molecule has 0 unspecified atom stereocenters. The van der Waals surface area contributed by atoms with Crippen LogP contribution in [-0.2, 0) is 11.2 Å². The lowest BCUT2D eigenvalue weighted by Gasteiger charge is -2.49. The monoisotopic (exact) mass is 287 g/mol. The fraction of sp³-hybridized carbons (Fsp3) is 0.588. The van der Waals surface area contributed by atoms with Crippen LogP contribution in [0.25, 0.3) is 0 Å². The number of rotatable bonds is 4. The van der Waals surface area contributed by atoms with Crippen molar-refractivity contribution < 1.29 is 4.79 Å². The molecular formula is C17H25N3O. The highest BCUT2D eigenvalue weighted by Crippen LogP contribution is 2.26. The molecule has 0 saturated carbocycles. The number of aryl methyl sites for hydroxylation is 2. The van der Waals surface area contributed by atoms with E-state index in [-0.39, 0.29) is 11.4 Å². The van der Waals surface area contributed by atoms with E-state index in [1.54, 1.807) is 0 Å². The predicted octanol–water partition coefficient (Wildman–Crippen LogP) is 1.09. The Balaban J connectivity index is 1.58. The molecule has 1 aromatic rings. The zero-order chi connectivity index (χ0) is 14.7. The van der Waals surface area contributed by atoms with Crippen molar-refractivity contribution in [3.8, 4) is 0 Å². The number of nitrogens with one attached hydrogen (secondary N) is 2. The van der Waals surface area contributed by atoms with E-state index in [1.165, 1.54) is 11.1 Å². The molecule has 0 radical (unpaired) electrons. The molecule has 0 aliphatic carbocycles. The lowest BCUT2D eigenvalue weighted by molar-refractivity contribution is -0.123. The van der Waals surface area contributed by atoms with Crippen LogP contribution in [0.1, 0.15) is 24.0 Å². The molecule has 114 valence electrons. The molecule has 1 aromatic carbocycles. The molecule has 1 spiro atoms. The maximum absolute atomic E-state index is 11.8. The first-order valence-corrected chi connectivity index (χ1v) is 7.97. The summed E-state index contributed by atoms with van der Waals surface area (Å²) in [6.45, 7) is 6.91. The molecule has 2 heterocycles. The Kier molecular flexibility index (Phi) is 4.27. The first-order chi connectivity index (χ1) is 10.2. The van der Waals surface area contributed by atoms with Gasteiger partial charge in [0.2, 0.25) is 5.91 Å². The molecule has 1 amide bonds. The first kappa shape index (κ1) is 14.5. The van der Waals surface area contributed by atoms with E-state index in [1.807, 2.05) is 0 Å². The highest BCUT2D eigenvalue weighted by molar-refractivity contribution is 5.77. The number of amides is 1. The van der Waals surface area contributed by atoms with E-state index in [0.29, 0.717) is 6.42 Å². The molecule has 2 saturated heterocycles. The minimum absolute atomic E-state index is 0.0757. The normalized spacial score (nSPS) is 21.7. The Morgan fingerprint density at radius 1 is 1.29 bits per heavy atom. The Morgan fingerprint density at radius 3 is 2.81 bits per heavy atom. The SMILES string of the molecule is Cc1ccccc1CCCN1CCNC(=O)CC12CNC2. The molecular weight excluding hydrogens is 262 g/mol. The van der Waals surface area contributed by atoms with Gasteiger partial charge in [-0.2, -0.15) is 0 Å². The van der Waals surface area contributed by atoms with E-state index < -0.39 is 0 Å². The Morgan fingerprint density at radius 2 is 2.10 bits per heavy atom. The molecule has 0 atom stereocenters. The zero-order valence-electron chi connectivity index (χ0n) is 12.8. The van der Waals surface area contributed by atoms with Gasteiger partial charge < -0.3 is 10.6 Å². The van der Waals surface area contributed by atoms with Crippen molar-refractivity contribution in [2.75, 3.05) is 32.7 Å². The van der Waals surface area contributed by atoms with Crippen molar-refractivity contribution in [3.05, 3.63) is 35.4 Å². The molecule has 2 fully saturated rings. The number of nitrogens with zero attached hydrogens (tertiary/aromatic N) is 1. The second kappa shape index (κ2) is 6.16. The summed E-state index contributed by atoms with van der Waals surface area (Å²) in [4.78, 5) is 14.3. The molecule has 2 N–H and O–H groups in total. The summed E-state index contributed by atoms with van der Waals surface area (Å²) in [5.41, 5.74) is 2.90. The molecule has 0 aromatic heterocycles. The van der Waals surface area contributed by atoms with Crippen molar-refractivity contribution >= 4 is 5.91 Å². The predicted molar refractivity (Wildman–Crippen MR) is 84.3 cm³/mol. The zero-order valence-corrected chi connectivity index (χ0v) is 12.8. The first-order valence-electron chi connectivity index (χ1n) is 7.97. The summed E-state index contributed by atoms with van der Waals surface area (Å²) in [5.74, 6) is 0.206. The summed E-state index contributed by atoms with van der Waals surface area (Å²) in [7, 11) is 0. The average Bonchev–Trinajstić information content (AvgIpc) is 2.60. The van der Waals surface area contributed by atoms with Crippen LogP contribution in [0.4, 0.5) is 0 Å². The van der Waals surface area contributed by atoms with Gasteiger partial charge in [-0.05, 0) is 37.4 Å². The van der Waals surface area contributed by atoms with Gasteiger partial charge in [0, 0.05) is 32.6 Å². The number of carbonyl (C=O) groups excluding carboxylic acids is 1. The summed E-state index contributed by atoms with van der Waals surface area (Å²) >= 11 is 0. The standard InChI is InChI=1S/C17H25N3O/c1-14-5-2-3-6-15(14)7-4-9-20-10-8-19-16(21)11-17(20)12-18-13-17/h2-3,5-6,18H,4,7-13H2,1H3,(H,19,21). The maximum Gasteiger partial charge on any atom is 0.222 e. The van der Waals surface area contributed by atoms with Gasteiger partial charge in [-0.25, -0.2) is 0 Å². The lowest BCUT2D eigenvalue weighted by atomic mass is 9.86. The van der Waals surface area contributed by atoms with E-state index in [4.69, 9.17) is 0 Å². The summed E-state index contributed by atoms with van der Waals surface area (Å²) in [6.07, 6.45) is 2.92. The van der Waals surface area contributed by atoms with Crippen LogP contribution in [0.5, 0.6) is 0 Å². The van der Waals surface area contributed by atoms with Crippen molar-refractivity contribution in [3.63, 3.8) is 0 Å². The van der Waals surface area contributed by atoms with Gasteiger partial charge in [0.25, 0.3) is 0 Å². The second-order valence-electron chi connectivity index (χ2n) is 6.37. The van der Waals surface area contributed by atoms with Gasteiger partial charge in [-0.15, -0.1) is 0 Å². The van der Waals surface area contributed by atoms with Crippen LogP contribution in [0, 0.1) is 6.92 Å². The van der Waals surface area contributed by atoms with Crippen LogP contribution in [0.3, 0.4) is 0 Å². The minimum atomic E-state index is 0.0757. The van der Waals surface area contributed by atoms with Crippen LogP contribution in [0.15, 0.2) is 24.3 Å². The largest absolute Gasteiger partial charge is 0.355 e. The molecule has 4 nitrogen and oxygen atoms in total. The van der Waals surface area contributed by atoms with Crippen molar-refractivity contribution in [1.82, 2.24) is 15.5 Å². The van der Waals surface area contributed by atoms with Crippen LogP contribution in [0.2, 0.25) is 0 Å². The molecule has 0 bridgehead atoms. The maximum atomic E-state index is 11.8. The molecule has 4 heteroatoms. The third-order valence-corrected chi connectivity index (χ3v) is 4.91. The summed E-state index contributed by atoms with van der Waals surface area (Å²) < 4.78 is 0. The second-order valence-corrected chi connectivity index (χ2v) is 6.37. The number of hydrogen-bond acceptors (Lipinski definition) is 3. The minimum Gasteiger partial charge on any atom is -0.355 e. The molecule has 2 aliphatic rings. The lowest BCUT2D eigenvalue weighted by Crippen LogP contribution is -2.69. The topological polar surface area (TPSA) is 44.4 Å². The number of hydrogen-bond donors (Lipinski definition) is 2. The van der Waals surface area contributed by atoms with Crippen molar-refractivity contribution in [2.24, 2.45) is 0 Å². The number of benzene rings is 1. The van der Waals surface area contributed by atoms with Gasteiger partial charge in [0.05, 0.1) is 5.54 Å². The van der Waals surface area contributed by atoms with Gasteiger partial charge >= 0.3 is 0 Å². The summed E-state index contributed by atoms with van der Waals surface area (Å²) in [5, 5.41) is 6.35. The quantitative estimate of drug-likeness (QED) is 0.871. The number of carbonyl (C=O) groups is 1. The molecule has 2 aliphatic heterocycles. The van der Waals surface area contributed by atoms with Crippen LogP contribution < -0.4 is 10.6 Å². The van der Waals surface area contributed by atoms with Gasteiger partial charge in [-0.1, -0.05) is 24.3 Å². The Bertz CT molecular complexity index is 511. The molecule has 21 heavy (non-hydrogen) atoms. The highest BCUT2D eigenvalue weighted by Gasteiger charge is 2.44. The van der Waals surface area contributed by atoms with E-state index in [9.17, 15) is 4.79 Å². The highest BCUT2D eigenvalue weighted by atomic mass is 16.1. The third-order valence-electron chi connectivity index (χ3n) is 4.91.